The van der Waals surface area contributed by atoms with Gasteiger partial charge in [0.05, 0.1) is 5.41 Å². The van der Waals surface area contributed by atoms with Gasteiger partial charge in [-0.1, -0.05) is 12.8 Å². The highest BCUT2D eigenvalue weighted by Gasteiger charge is 2.37. The van der Waals surface area contributed by atoms with Crippen LogP contribution in [-0.2, 0) is 4.79 Å². The highest BCUT2D eigenvalue weighted by molar-refractivity contribution is 5.83. The van der Waals surface area contributed by atoms with Crippen molar-refractivity contribution in [3.8, 4) is 0 Å². The fourth-order valence-corrected chi connectivity index (χ4v) is 2.97. The Balaban J connectivity index is 1.86. The van der Waals surface area contributed by atoms with E-state index >= 15 is 0 Å². The monoisotopic (exact) mass is 224 g/mol. The molecule has 2 rings (SSSR count). The topological polar surface area (TPSA) is 41.1 Å². The van der Waals surface area contributed by atoms with E-state index in [1.807, 2.05) is 0 Å². The molecule has 0 spiro atoms. The third-order valence-corrected chi connectivity index (χ3v) is 4.38. The van der Waals surface area contributed by atoms with Crippen LogP contribution in [0.5, 0.6) is 0 Å². The molecule has 0 aromatic rings. The number of rotatable bonds is 3. The molecule has 0 radical (unpaired) electrons. The van der Waals surface area contributed by atoms with E-state index in [0.717, 1.165) is 19.5 Å². The average molecular weight is 224 g/mol. The summed E-state index contributed by atoms with van der Waals surface area (Å²) in [6.45, 7) is 6.04. The van der Waals surface area contributed by atoms with Crippen molar-refractivity contribution >= 4 is 5.91 Å². The third kappa shape index (κ3) is 2.40. The predicted octanol–water partition coefficient (Wildman–Crippen LogP) is 1.68. The summed E-state index contributed by atoms with van der Waals surface area (Å²) in [5.74, 6) is 0.957. The maximum Gasteiger partial charge on any atom is 0.227 e. The van der Waals surface area contributed by atoms with Gasteiger partial charge in [-0.05, 0) is 45.6 Å². The highest BCUT2D eigenvalue weighted by Crippen LogP contribution is 2.29. The summed E-state index contributed by atoms with van der Waals surface area (Å²) in [6.07, 6.45) is 6.22. The van der Waals surface area contributed by atoms with Gasteiger partial charge >= 0.3 is 0 Å². The molecule has 1 saturated carbocycles. The Labute approximate surface area is 98.4 Å². The van der Waals surface area contributed by atoms with Gasteiger partial charge in [-0.25, -0.2) is 0 Å². The summed E-state index contributed by atoms with van der Waals surface area (Å²) in [5.41, 5.74) is -0.174. The van der Waals surface area contributed by atoms with E-state index in [1.165, 1.54) is 25.7 Å². The smallest absolute Gasteiger partial charge is 0.227 e. The number of hydrogen-bond acceptors (Lipinski definition) is 2. The van der Waals surface area contributed by atoms with E-state index in [2.05, 4.69) is 24.5 Å². The Morgan fingerprint density at radius 1 is 1.44 bits per heavy atom. The van der Waals surface area contributed by atoms with Crippen LogP contribution in [0.3, 0.4) is 0 Å². The molecule has 2 atom stereocenters. The van der Waals surface area contributed by atoms with Crippen LogP contribution in [0.2, 0.25) is 0 Å². The molecule has 0 aromatic heterocycles. The first kappa shape index (κ1) is 11.9. The Kier molecular flexibility index (Phi) is 3.53. The molecule has 2 aliphatic rings. The van der Waals surface area contributed by atoms with E-state index < -0.39 is 0 Å². The van der Waals surface area contributed by atoms with Crippen LogP contribution >= 0.6 is 0 Å². The minimum absolute atomic E-state index is 0.174. The standard InChI is InChI=1S/C13H24N2O/c1-10(11-5-3-4-6-11)15-12(16)13(2)7-8-14-9-13/h10-11,14H,3-9H2,1-2H3,(H,15,16)/t10-,13?/m1/s1. The lowest BCUT2D eigenvalue weighted by Crippen LogP contribution is -2.46. The fourth-order valence-electron chi connectivity index (χ4n) is 2.97. The van der Waals surface area contributed by atoms with Crippen LogP contribution < -0.4 is 10.6 Å². The lowest BCUT2D eigenvalue weighted by Gasteiger charge is -2.27. The summed E-state index contributed by atoms with van der Waals surface area (Å²) in [5, 5.41) is 6.50. The van der Waals surface area contributed by atoms with Crippen molar-refractivity contribution < 1.29 is 4.79 Å². The molecular formula is C13H24N2O. The number of carbonyl (C=O) groups is 1. The van der Waals surface area contributed by atoms with Crippen molar-refractivity contribution in [1.82, 2.24) is 10.6 Å². The third-order valence-electron chi connectivity index (χ3n) is 4.38. The first-order valence-corrected chi connectivity index (χ1v) is 6.63. The zero-order valence-corrected chi connectivity index (χ0v) is 10.5. The van der Waals surface area contributed by atoms with E-state index in [9.17, 15) is 4.79 Å². The molecular weight excluding hydrogens is 200 g/mol. The minimum atomic E-state index is -0.174. The quantitative estimate of drug-likeness (QED) is 0.766. The largest absolute Gasteiger partial charge is 0.353 e. The van der Waals surface area contributed by atoms with Crippen molar-refractivity contribution in [1.29, 1.82) is 0 Å². The zero-order valence-electron chi connectivity index (χ0n) is 10.5. The first-order chi connectivity index (χ1) is 7.62. The summed E-state index contributed by atoms with van der Waals surface area (Å²) >= 11 is 0. The van der Waals surface area contributed by atoms with Gasteiger partial charge in [0.15, 0.2) is 0 Å². The normalized spacial score (nSPS) is 32.9. The lowest BCUT2D eigenvalue weighted by atomic mass is 9.87. The van der Waals surface area contributed by atoms with Crippen LogP contribution in [0.25, 0.3) is 0 Å². The molecule has 1 aliphatic heterocycles. The van der Waals surface area contributed by atoms with Crippen molar-refractivity contribution in [2.75, 3.05) is 13.1 Å². The van der Waals surface area contributed by atoms with Gasteiger partial charge in [-0.3, -0.25) is 4.79 Å². The van der Waals surface area contributed by atoms with Gasteiger partial charge in [0.25, 0.3) is 0 Å². The van der Waals surface area contributed by atoms with E-state index in [0.29, 0.717) is 12.0 Å². The van der Waals surface area contributed by atoms with Gasteiger partial charge in [-0.2, -0.15) is 0 Å². The number of carbonyl (C=O) groups excluding carboxylic acids is 1. The second-order valence-corrected chi connectivity index (χ2v) is 5.79. The molecule has 1 aliphatic carbocycles. The van der Waals surface area contributed by atoms with Gasteiger partial charge < -0.3 is 10.6 Å². The number of amides is 1. The molecule has 1 unspecified atom stereocenters. The molecule has 1 amide bonds. The van der Waals surface area contributed by atoms with E-state index in [4.69, 9.17) is 0 Å². The Bertz CT molecular complexity index is 253. The fraction of sp³-hybridized carbons (Fsp3) is 0.923. The van der Waals surface area contributed by atoms with Crippen LogP contribution in [-0.4, -0.2) is 25.0 Å². The average Bonchev–Trinajstić information content (AvgIpc) is 2.88. The Morgan fingerprint density at radius 3 is 2.69 bits per heavy atom. The summed E-state index contributed by atoms with van der Waals surface area (Å²) < 4.78 is 0. The van der Waals surface area contributed by atoms with Crippen LogP contribution in [0.1, 0.15) is 46.0 Å². The van der Waals surface area contributed by atoms with Crippen LogP contribution in [0.15, 0.2) is 0 Å². The second-order valence-electron chi connectivity index (χ2n) is 5.79. The van der Waals surface area contributed by atoms with Crippen molar-refractivity contribution in [3.05, 3.63) is 0 Å². The van der Waals surface area contributed by atoms with Crippen molar-refractivity contribution in [3.63, 3.8) is 0 Å². The highest BCUT2D eigenvalue weighted by atomic mass is 16.2. The molecule has 3 heteroatoms. The summed E-state index contributed by atoms with van der Waals surface area (Å²) in [7, 11) is 0. The molecule has 92 valence electrons. The minimum Gasteiger partial charge on any atom is -0.353 e. The second kappa shape index (κ2) is 4.74. The molecule has 2 fully saturated rings. The van der Waals surface area contributed by atoms with Gasteiger partial charge in [-0.15, -0.1) is 0 Å². The van der Waals surface area contributed by atoms with Crippen LogP contribution in [0.4, 0.5) is 0 Å². The SMILES string of the molecule is C[C@@H](NC(=O)C1(C)CCNC1)C1CCCC1. The number of nitrogens with one attached hydrogen (secondary N) is 2. The Hall–Kier alpha value is -0.570. The summed E-state index contributed by atoms with van der Waals surface area (Å²) in [6, 6.07) is 0.354. The molecule has 1 heterocycles. The molecule has 0 aromatic carbocycles. The van der Waals surface area contributed by atoms with E-state index in [-0.39, 0.29) is 11.3 Å². The van der Waals surface area contributed by atoms with Gasteiger partial charge in [0.1, 0.15) is 0 Å². The maximum absolute atomic E-state index is 12.2. The van der Waals surface area contributed by atoms with Crippen molar-refractivity contribution in [2.45, 2.75) is 52.0 Å². The first-order valence-electron chi connectivity index (χ1n) is 6.63. The lowest BCUT2D eigenvalue weighted by molar-refractivity contribution is -0.130. The summed E-state index contributed by atoms with van der Waals surface area (Å²) in [4.78, 5) is 12.2. The van der Waals surface area contributed by atoms with E-state index in [1.54, 1.807) is 0 Å². The molecule has 1 saturated heterocycles. The molecule has 2 N–H and O–H groups in total. The predicted molar refractivity (Wildman–Crippen MR) is 65.2 cm³/mol. The Morgan fingerprint density at radius 2 is 2.12 bits per heavy atom. The number of hydrogen-bond donors (Lipinski definition) is 2. The van der Waals surface area contributed by atoms with Gasteiger partial charge in [0.2, 0.25) is 5.91 Å². The van der Waals surface area contributed by atoms with Crippen LogP contribution in [0, 0.1) is 11.3 Å². The zero-order chi connectivity index (χ0) is 11.6. The molecule has 3 nitrogen and oxygen atoms in total. The van der Waals surface area contributed by atoms with Gasteiger partial charge in [0, 0.05) is 12.6 Å². The maximum atomic E-state index is 12.2. The molecule has 0 bridgehead atoms. The van der Waals surface area contributed by atoms with Crippen molar-refractivity contribution in [2.24, 2.45) is 11.3 Å². The molecule has 16 heavy (non-hydrogen) atoms.